The molecule has 0 atom stereocenters. The number of carbonyl (C=O) groups is 2. The van der Waals surface area contributed by atoms with Gasteiger partial charge in [-0.15, -0.1) is 0 Å². The lowest BCUT2D eigenvalue weighted by Gasteiger charge is -2.06. The smallest absolute Gasteiger partial charge is 0.356 e. The maximum absolute atomic E-state index is 13.0. The molecule has 1 aromatic heterocycles. The van der Waals surface area contributed by atoms with Crippen LogP contribution in [0.25, 0.3) is 0 Å². The summed E-state index contributed by atoms with van der Waals surface area (Å²) in [5, 5.41) is 11.2. The molecule has 0 fully saturated rings. The van der Waals surface area contributed by atoms with Crippen LogP contribution in [-0.4, -0.2) is 33.1 Å². The molecule has 8 heteroatoms. The highest BCUT2D eigenvalue weighted by molar-refractivity contribution is 5.94. The van der Waals surface area contributed by atoms with Gasteiger partial charge < -0.3 is 15.0 Å². The first-order valence-corrected chi connectivity index (χ1v) is 5.95. The number of benzene rings is 1. The van der Waals surface area contributed by atoms with Gasteiger partial charge in [-0.25, -0.2) is 18.6 Å². The van der Waals surface area contributed by atoms with E-state index in [9.17, 15) is 18.4 Å². The quantitative estimate of drug-likeness (QED) is 0.870. The summed E-state index contributed by atoms with van der Waals surface area (Å²) in [6.45, 7) is 0.489. The van der Waals surface area contributed by atoms with E-state index in [0.717, 1.165) is 12.1 Å². The number of aromatic carboxylic acids is 1. The van der Waals surface area contributed by atoms with Crippen molar-refractivity contribution in [3.8, 4) is 0 Å². The molecule has 0 aliphatic rings. The lowest BCUT2D eigenvalue weighted by Crippen LogP contribution is -2.27. The molecule has 1 aromatic carbocycles. The summed E-state index contributed by atoms with van der Waals surface area (Å²) in [5.41, 5.74) is -0.0901. The first-order valence-electron chi connectivity index (χ1n) is 5.95. The zero-order chi connectivity index (χ0) is 15.4. The van der Waals surface area contributed by atoms with E-state index in [-0.39, 0.29) is 17.8 Å². The molecule has 6 nitrogen and oxygen atoms in total. The number of nitrogens with zero attached hydrogens (tertiary/aromatic N) is 2. The Labute approximate surface area is 118 Å². The van der Waals surface area contributed by atoms with Crippen LogP contribution in [0.4, 0.5) is 8.78 Å². The van der Waals surface area contributed by atoms with E-state index < -0.39 is 23.5 Å². The molecule has 0 bridgehead atoms. The minimum Gasteiger partial charge on any atom is -0.476 e. The molecule has 0 radical (unpaired) electrons. The van der Waals surface area contributed by atoms with Crippen LogP contribution < -0.4 is 5.32 Å². The molecule has 0 saturated carbocycles. The van der Waals surface area contributed by atoms with Crippen LogP contribution >= 0.6 is 0 Å². The Hall–Kier alpha value is -2.77. The van der Waals surface area contributed by atoms with Crippen LogP contribution in [0.15, 0.2) is 30.7 Å². The number of halogens is 2. The molecule has 110 valence electrons. The molecule has 0 saturated heterocycles. The van der Waals surface area contributed by atoms with E-state index in [1.165, 1.54) is 23.2 Å². The van der Waals surface area contributed by atoms with Gasteiger partial charge in [-0.05, 0) is 18.2 Å². The number of hydrogen-bond donors (Lipinski definition) is 2. The fourth-order valence-corrected chi connectivity index (χ4v) is 1.63. The van der Waals surface area contributed by atoms with Gasteiger partial charge in [0.25, 0.3) is 5.91 Å². The van der Waals surface area contributed by atoms with Gasteiger partial charge >= 0.3 is 5.97 Å². The van der Waals surface area contributed by atoms with Gasteiger partial charge in [0.2, 0.25) is 0 Å². The molecule has 21 heavy (non-hydrogen) atoms. The second-order valence-electron chi connectivity index (χ2n) is 4.19. The third-order valence-electron chi connectivity index (χ3n) is 2.69. The molecule has 0 aliphatic heterocycles. The fraction of sp³-hybridized carbons (Fsp3) is 0.154. The Balaban J connectivity index is 1.88. The highest BCUT2D eigenvalue weighted by Crippen LogP contribution is 2.08. The van der Waals surface area contributed by atoms with Crippen LogP contribution in [0.3, 0.4) is 0 Å². The molecular formula is C13H11F2N3O3. The van der Waals surface area contributed by atoms with Crippen LogP contribution in [0.2, 0.25) is 0 Å². The van der Waals surface area contributed by atoms with Gasteiger partial charge in [0.1, 0.15) is 0 Å². The zero-order valence-corrected chi connectivity index (χ0v) is 10.7. The monoisotopic (exact) mass is 295 g/mol. The van der Waals surface area contributed by atoms with Crippen molar-refractivity contribution in [1.82, 2.24) is 14.9 Å². The second kappa shape index (κ2) is 6.12. The summed E-state index contributed by atoms with van der Waals surface area (Å²) < 4.78 is 27.2. The number of amides is 1. The van der Waals surface area contributed by atoms with Crippen LogP contribution in [0.5, 0.6) is 0 Å². The molecule has 2 rings (SSSR count). The Bertz CT molecular complexity index is 685. The molecule has 1 heterocycles. The largest absolute Gasteiger partial charge is 0.476 e. The van der Waals surface area contributed by atoms with E-state index in [4.69, 9.17) is 5.11 Å². The van der Waals surface area contributed by atoms with E-state index >= 15 is 0 Å². The molecule has 0 spiro atoms. The molecule has 0 aliphatic carbocycles. The minimum atomic E-state index is -1.14. The van der Waals surface area contributed by atoms with Crippen molar-refractivity contribution in [1.29, 1.82) is 0 Å². The third-order valence-corrected chi connectivity index (χ3v) is 2.69. The number of carboxylic acid groups (broad SMARTS) is 1. The SMILES string of the molecule is O=C(NCCn1cnc(C(=O)O)c1)c1ccc(F)c(F)c1. The summed E-state index contributed by atoms with van der Waals surface area (Å²) in [4.78, 5) is 26.0. The van der Waals surface area contributed by atoms with Crippen molar-refractivity contribution in [2.75, 3.05) is 6.54 Å². The van der Waals surface area contributed by atoms with Crippen molar-refractivity contribution in [2.45, 2.75) is 6.54 Å². The predicted molar refractivity (Wildman–Crippen MR) is 67.9 cm³/mol. The van der Waals surface area contributed by atoms with E-state index in [2.05, 4.69) is 10.3 Å². The van der Waals surface area contributed by atoms with Crippen molar-refractivity contribution >= 4 is 11.9 Å². The Morgan fingerprint density at radius 1 is 1.29 bits per heavy atom. The number of aromatic nitrogens is 2. The number of nitrogens with one attached hydrogen (secondary N) is 1. The first-order chi connectivity index (χ1) is 9.97. The molecule has 2 aromatic rings. The van der Waals surface area contributed by atoms with Gasteiger partial charge in [0.15, 0.2) is 17.3 Å². The summed E-state index contributed by atoms with van der Waals surface area (Å²) in [6.07, 6.45) is 2.65. The number of rotatable bonds is 5. The van der Waals surface area contributed by atoms with Crippen LogP contribution in [0, 0.1) is 11.6 Å². The normalized spacial score (nSPS) is 10.4. The van der Waals surface area contributed by atoms with Crippen molar-refractivity contribution in [3.05, 3.63) is 53.6 Å². The summed E-state index contributed by atoms with van der Waals surface area (Å²) in [6, 6.07) is 2.86. The van der Waals surface area contributed by atoms with Crippen LogP contribution in [0.1, 0.15) is 20.8 Å². The van der Waals surface area contributed by atoms with Gasteiger partial charge in [0.05, 0.1) is 6.33 Å². The zero-order valence-electron chi connectivity index (χ0n) is 10.7. The van der Waals surface area contributed by atoms with E-state index in [1.807, 2.05) is 0 Å². The number of carboxylic acids is 1. The topological polar surface area (TPSA) is 84.2 Å². The third kappa shape index (κ3) is 3.62. The summed E-state index contributed by atoms with van der Waals surface area (Å²) in [5.74, 6) is -3.80. The van der Waals surface area contributed by atoms with E-state index in [1.54, 1.807) is 0 Å². The molecular weight excluding hydrogens is 284 g/mol. The Morgan fingerprint density at radius 2 is 2.05 bits per heavy atom. The predicted octanol–water partition coefficient (Wildman–Crippen LogP) is 1.29. The first kappa shape index (κ1) is 14.6. The Morgan fingerprint density at radius 3 is 2.67 bits per heavy atom. The maximum atomic E-state index is 13.0. The molecule has 1 amide bonds. The fourth-order valence-electron chi connectivity index (χ4n) is 1.63. The number of carbonyl (C=O) groups excluding carboxylic acids is 1. The van der Waals surface area contributed by atoms with Gasteiger partial charge in [-0.1, -0.05) is 0 Å². The summed E-state index contributed by atoms with van der Waals surface area (Å²) in [7, 11) is 0. The lowest BCUT2D eigenvalue weighted by molar-refractivity contribution is 0.0690. The average molecular weight is 295 g/mol. The second-order valence-corrected chi connectivity index (χ2v) is 4.19. The maximum Gasteiger partial charge on any atom is 0.356 e. The van der Waals surface area contributed by atoms with Gasteiger partial charge in [0, 0.05) is 24.8 Å². The van der Waals surface area contributed by atoms with E-state index in [0.29, 0.717) is 6.54 Å². The standard InChI is InChI=1S/C13H11F2N3O3/c14-9-2-1-8(5-10(9)15)12(19)16-3-4-18-6-11(13(20)21)17-7-18/h1-2,5-7H,3-4H2,(H,16,19)(H,20,21). The van der Waals surface area contributed by atoms with Gasteiger partial charge in [-0.3, -0.25) is 4.79 Å². The average Bonchev–Trinajstić information content (AvgIpc) is 2.91. The molecule has 0 unspecified atom stereocenters. The highest BCUT2D eigenvalue weighted by atomic mass is 19.2. The van der Waals surface area contributed by atoms with Crippen molar-refractivity contribution in [3.63, 3.8) is 0 Å². The van der Waals surface area contributed by atoms with Crippen LogP contribution in [-0.2, 0) is 6.54 Å². The highest BCUT2D eigenvalue weighted by Gasteiger charge is 2.10. The van der Waals surface area contributed by atoms with Crippen molar-refractivity contribution < 1.29 is 23.5 Å². The minimum absolute atomic E-state index is 0.00533. The number of imidazole rings is 1. The van der Waals surface area contributed by atoms with Gasteiger partial charge in [-0.2, -0.15) is 0 Å². The Kier molecular flexibility index (Phi) is 4.27. The van der Waals surface area contributed by atoms with Crippen molar-refractivity contribution in [2.24, 2.45) is 0 Å². The lowest BCUT2D eigenvalue weighted by atomic mass is 10.2. The number of hydrogen-bond acceptors (Lipinski definition) is 3. The molecule has 2 N–H and O–H groups in total. The summed E-state index contributed by atoms with van der Waals surface area (Å²) >= 11 is 0.